The van der Waals surface area contributed by atoms with Crippen molar-refractivity contribution in [2.45, 2.75) is 25.8 Å². The van der Waals surface area contributed by atoms with E-state index in [1.54, 1.807) is 11.3 Å². The molecule has 1 heterocycles. The molecule has 0 aromatic carbocycles. The highest BCUT2D eigenvalue weighted by Crippen LogP contribution is 2.58. The zero-order chi connectivity index (χ0) is 12.6. The number of ether oxygens (including phenoxy) is 1. The third-order valence-electron chi connectivity index (χ3n) is 3.57. The zero-order valence-corrected chi connectivity index (χ0v) is 11.6. The van der Waals surface area contributed by atoms with Gasteiger partial charge in [-0.05, 0) is 50.9 Å². The molecule has 0 amide bonds. The standard InChI is InChI=1S/C13H19NO2S/c1-9-5-8-17-10(9)11(14(2)3)13(6-7-13)12(15)16-4/h5,8,11H,6-7H2,1-4H3. The van der Waals surface area contributed by atoms with Crippen LogP contribution in [0.1, 0.15) is 29.3 Å². The second kappa shape index (κ2) is 4.42. The van der Waals surface area contributed by atoms with E-state index >= 15 is 0 Å². The van der Waals surface area contributed by atoms with Crippen molar-refractivity contribution in [3.8, 4) is 0 Å². The van der Waals surface area contributed by atoms with Crippen molar-refractivity contribution in [2.24, 2.45) is 5.41 Å². The summed E-state index contributed by atoms with van der Waals surface area (Å²) in [6.45, 7) is 2.11. The summed E-state index contributed by atoms with van der Waals surface area (Å²) in [5.74, 6) is -0.0657. The molecule has 0 aliphatic heterocycles. The summed E-state index contributed by atoms with van der Waals surface area (Å²) in [5.41, 5.74) is 0.956. The first kappa shape index (κ1) is 12.6. The molecular formula is C13H19NO2S. The summed E-state index contributed by atoms with van der Waals surface area (Å²) in [5, 5.41) is 2.09. The largest absolute Gasteiger partial charge is 0.469 e. The molecule has 2 rings (SSSR count). The number of thiophene rings is 1. The van der Waals surface area contributed by atoms with Gasteiger partial charge in [0.2, 0.25) is 0 Å². The van der Waals surface area contributed by atoms with Gasteiger partial charge in [0.1, 0.15) is 0 Å². The van der Waals surface area contributed by atoms with E-state index in [0.29, 0.717) is 0 Å². The van der Waals surface area contributed by atoms with Gasteiger partial charge in [0.25, 0.3) is 0 Å². The van der Waals surface area contributed by atoms with Crippen LogP contribution in [0.15, 0.2) is 11.4 Å². The van der Waals surface area contributed by atoms with Gasteiger partial charge in [0.15, 0.2) is 0 Å². The van der Waals surface area contributed by atoms with Crippen LogP contribution < -0.4 is 0 Å². The number of rotatable bonds is 4. The van der Waals surface area contributed by atoms with Crippen LogP contribution in [-0.4, -0.2) is 32.1 Å². The van der Waals surface area contributed by atoms with Gasteiger partial charge in [-0.15, -0.1) is 11.3 Å². The van der Waals surface area contributed by atoms with Crippen LogP contribution in [0.4, 0.5) is 0 Å². The van der Waals surface area contributed by atoms with E-state index in [9.17, 15) is 4.79 Å². The average molecular weight is 253 g/mol. The molecule has 1 unspecified atom stereocenters. The van der Waals surface area contributed by atoms with Gasteiger partial charge < -0.3 is 9.64 Å². The Labute approximate surface area is 106 Å². The normalized spacial score (nSPS) is 19.1. The van der Waals surface area contributed by atoms with E-state index in [4.69, 9.17) is 4.74 Å². The third-order valence-corrected chi connectivity index (χ3v) is 4.64. The summed E-state index contributed by atoms with van der Waals surface area (Å²) in [4.78, 5) is 15.4. The van der Waals surface area contributed by atoms with E-state index in [0.717, 1.165) is 12.8 Å². The summed E-state index contributed by atoms with van der Waals surface area (Å²) in [7, 11) is 5.55. The molecular weight excluding hydrogens is 234 g/mol. The molecule has 3 nitrogen and oxygen atoms in total. The van der Waals surface area contributed by atoms with Crippen molar-refractivity contribution >= 4 is 17.3 Å². The van der Waals surface area contributed by atoms with E-state index in [-0.39, 0.29) is 17.4 Å². The Bertz CT molecular complexity index is 421. The van der Waals surface area contributed by atoms with Crippen LogP contribution >= 0.6 is 11.3 Å². The molecule has 1 aliphatic carbocycles. The molecule has 4 heteroatoms. The first-order valence-corrected chi connectivity index (χ1v) is 6.70. The number of nitrogens with zero attached hydrogens (tertiary/aromatic N) is 1. The molecule has 1 aromatic heterocycles. The highest BCUT2D eigenvalue weighted by molar-refractivity contribution is 7.10. The highest BCUT2D eigenvalue weighted by atomic mass is 32.1. The maximum atomic E-state index is 12.0. The Morgan fingerprint density at radius 2 is 2.18 bits per heavy atom. The minimum atomic E-state index is -0.312. The monoisotopic (exact) mass is 253 g/mol. The first-order valence-electron chi connectivity index (χ1n) is 5.82. The lowest BCUT2D eigenvalue weighted by atomic mass is 9.92. The van der Waals surface area contributed by atoms with Crippen molar-refractivity contribution in [2.75, 3.05) is 21.2 Å². The third kappa shape index (κ3) is 2.00. The van der Waals surface area contributed by atoms with Crippen molar-refractivity contribution in [1.29, 1.82) is 0 Å². The number of esters is 1. The molecule has 1 fully saturated rings. The molecule has 1 aromatic rings. The van der Waals surface area contributed by atoms with Crippen LogP contribution in [-0.2, 0) is 9.53 Å². The number of hydrogen-bond donors (Lipinski definition) is 0. The fourth-order valence-corrected chi connectivity index (χ4v) is 3.81. The van der Waals surface area contributed by atoms with Crippen LogP contribution in [0, 0.1) is 12.3 Å². The lowest BCUT2D eigenvalue weighted by molar-refractivity contribution is -0.149. The molecule has 94 valence electrons. The summed E-state index contributed by atoms with van der Waals surface area (Å²) in [6.07, 6.45) is 1.86. The van der Waals surface area contributed by atoms with Gasteiger partial charge in [0.05, 0.1) is 18.6 Å². The summed E-state index contributed by atoms with van der Waals surface area (Å²) < 4.78 is 4.99. The topological polar surface area (TPSA) is 29.5 Å². The number of carbonyl (C=O) groups is 1. The molecule has 0 spiro atoms. The van der Waals surface area contributed by atoms with Crippen LogP contribution in [0.2, 0.25) is 0 Å². The van der Waals surface area contributed by atoms with E-state index in [1.165, 1.54) is 17.6 Å². The summed E-state index contributed by atoms with van der Waals surface area (Å²) in [6, 6.07) is 2.26. The average Bonchev–Trinajstić information content (AvgIpc) is 2.97. The Kier molecular flexibility index (Phi) is 3.27. The van der Waals surface area contributed by atoms with Crippen LogP contribution in [0.3, 0.4) is 0 Å². The molecule has 0 radical (unpaired) electrons. The lowest BCUT2D eigenvalue weighted by Gasteiger charge is -2.30. The predicted molar refractivity (Wildman–Crippen MR) is 69.2 cm³/mol. The smallest absolute Gasteiger partial charge is 0.313 e. The fraction of sp³-hybridized carbons (Fsp3) is 0.615. The molecule has 17 heavy (non-hydrogen) atoms. The Balaban J connectivity index is 2.38. The maximum Gasteiger partial charge on any atom is 0.313 e. The van der Waals surface area contributed by atoms with Gasteiger partial charge in [-0.1, -0.05) is 0 Å². The number of hydrogen-bond acceptors (Lipinski definition) is 4. The van der Waals surface area contributed by atoms with Crippen molar-refractivity contribution in [3.05, 3.63) is 21.9 Å². The van der Waals surface area contributed by atoms with E-state index in [2.05, 4.69) is 23.3 Å². The van der Waals surface area contributed by atoms with Crippen molar-refractivity contribution in [3.63, 3.8) is 0 Å². The minimum Gasteiger partial charge on any atom is -0.469 e. The first-order chi connectivity index (χ1) is 8.03. The Hall–Kier alpha value is -0.870. The lowest BCUT2D eigenvalue weighted by Crippen LogP contribution is -2.34. The minimum absolute atomic E-state index is 0.0657. The number of aryl methyl sites for hydroxylation is 1. The number of carbonyl (C=O) groups excluding carboxylic acids is 1. The quantitative estimate of drug-likeness (QED) is 0.773. The molecule has 0 saturated heterocycles. The van der Waals surface area contributed by atoms with Crippen molar-refractivity contribution in [1.82, 2.24) is 4.90 Å². The molecule has 1 atom stereocenters. The SMILES string of the molecule is COC(=O)C1(C(c2sccc2C)N(C)C)CC1. The van der Waals surface area contributed by atoms with Crippen LogP contribution in [0.25, 0.3) is 0 Å². The number of methoxy groups -OCH3 is 1. The molecule has 1 aliphatic rings. The Morgan fingerprint density at radius 1 is 1.53 bits per heavy atom. The van der Waals surface area contributed by atoms with Crippen LogP contribution in [0.5, 0.6) is 0 Å². The fourth-order valence-electron chi connectivity index (χ4n) is 2.57. The molecule has 0 bridgehead atoms. The molecule has 0 N–H and O–H groups in total. The summed E-state index contributed by atoms with van der Waals surface area (Å²) >= 11 is 1.73. The van der Waals surface area contributed by atoms with Gasteiger partial charge in [-0.2, -0.15) is 0 Å². The van der Waals surface area contributed by atoms with Gasteiger partial charge in [0, 0.05) is 4.88 Å². The highest BCUT2D eigenvalue weighted by Gasteiger charge is 2.58. The second-order valence-corrected chi connectivity index (χ2v) is 5.93. The van der Waals surface area contributed by atoms with Gasteiger partial charge >= 0.3 is 5.97 Å². The maximum absolute atomic E-state index is 12.0. The van der Waals surface area contributed by atoms with Gasteiger partial charge in [-0.25, -0.2) is 0 Å². The Morgan fingerprint density at radius 3 is 2.53 bits per heavy atom. The zero-order valence-electron chi connectivity index (χ0n) is 10.8. The van der Waals surface area contributed by atoms with Gasteiger partial charge in [-0.3, -0.25) is 4.79 Å². The molecule has 1 saturated carbocycles. The van der Waals surface area contributed by atoms with Crippen molar-refractivity contribution < 1.29 is 9.53 Å². The van der Waals surface area contributed by atoms with E-state index in [1.807, 2.05) is 14.1 Å². The second-order valence-electron chi connectivity index (χ2n) is 4.98. The predicted octanol–water partition coefficient (Wildman–Crippen LogP) is 2.61. The van der Waals surface area contributed by atoms with E-state index < -0.39 is 0 Å².